The summed E-state index contributed by atoms with van der Waals surface area (Å²) in [7, 11) is 0. The van der Waals surface area contributed by atoms with E-state index in [0.717, 1.165) is 23.1 Å². The highest BCUT2D eigenvalue weighted by atomic mass is 35.5. The minimum absolute atomic E-state index is 0. The smallest absolute Gasteiger partial charge is 0.304 e. The summed E-state index contributed by atoms with van der Waals surface area (Å²) in [6, 6.07) is 3.70. The zero-order valence-electron chi connectivity index (χ0n) is 15.6. The first-order chi connectivity index (χ1) is 14.2. The number of halogens is 3. The number of carboxylic acid groups (broad SMARTS) is 1. The van der Waals surface area contributed by atoms with E-state index in [9.17, 15) is 18.4 Å². The highest BCUT2D eigenvalue weighted by Crippen LogP contribution is 2.27. The average molecular weight is 456 g/mol. The van der Waals surface area contributed by atoms with E-state index in [1.807, 2.05) is 0 Å². The van der Waals surface area contributed by atoms with Gasteiger partial charge in [-0.1, -0.05) is 0 Å². The van der Waals surface area contributed by atoms with E-state index in [4.69, 9.17) is 21.3 Å². The van der Waals surface area contributed by atoms with Crippen molar-refractivity contribution in [2.75, 3.05) is 0 Å². The van der Waals surface area contributed by atoms with Crippen molar-refractivity contribution >= 4 is 24.3 Å². The number of rotatable bonds is 8. The van der Waals surface area contributed by atoms with Crippen molar-refractivity contribution in [2.24, 2.45) is 11.5 Å². The van der Waals surface area contributed by atoms with Crippen LogP contribution in [0, 0.1) is 11.6 Å². The quantitative estimate of drug-likeness (QED) is 0.450. The highest BCUT2D eigenvalue weighted by Gasteiger charge is 2.16. The minimum Gasteiger partial charge on any atom is -0.481 e. The van der Waals surface area contributed by atoms with Crippen molar-refractivity contribution in [3.05, 3.63) is 47.7 Å². The number of tetrazole rings is 1. The Morgan fingerprint density at radius 3 is 2.58 bits per heavy atom. The SMILES string of the molecule is Cl.NC(=O)c1cnc(Oc2ccc(-c3nnn(CC(N)CC(=O)O)n3)c(F)c2)c(F)c1. The van der Waals surface area contributed by atoms with Crippen molar-refractivity contribution in [3.8, 4) is 23.0 Å². The molecule has 0 aliphatic rings. The van der Waals surface area contributed by atoms with Gasteiger partial charge in [0.15, 0.2) is 5.82 Å². The van der Waals surface area contributed by atoms with Crippen LogP contribution >= 0.6 is 12.4 Å². The number of amides is 1. The van der Waals surface area contributed by atoms with E-state index >= 15 is 0 Å². The Kier molecular flexibility index (Phi) is 7.50. The second kappa shape index (κ2) is 9.86. The molecule has 0 radical (unpaired) electrons. The third-order valence-corrected chi connectivity index (χ3v) is 3.78. The summed E-state index contributed by atoms with van der Waals surface area (Å²) in [5.41, 5.74) is 10.5. The second-order valence-corrected chi connectivity index (χ2v) is 6.14. The zero-order chi connectivity index (χ0) is 21.8. The Labute approximate surface area is 179 Å². The Bertz CT molecular complexity index is 1110. The molecule has 0 spiro atoms. The summed E-state index contributed by atoms with van der Waals surface area (Å²) in [4.78, 5) is 26.4. The van der Waals surface area contributed by atoms with Crippen LogP contribution in [0.25, 0.3) is 11.4 Å². The molecule has 164 valence electrons. The first kappa shape index (κ1) is 23.6. The summed E-state index contributed by atoms with van der Waals surface area (Å²) < 4.78 is 33.6. The molecule has 5 N–H and O–H groups in total. The van der Waals surface area contributed by atoms with Crippen molar-refractivity contribution in [1.29, 1.82) is 0 Å². The summed E-state index contributed by atoms with van der Waals surface area (Å²) in [5.74, 6) is -4.24. The number of aliphatic carboxylic acids is 1. The third-order valence-electron chi connectivity index (χ3n) is 3.78. The molecule has 0 saturated heterocycles. The number of aromatic nitrogens is 5. The topological polar surface area (TPSA) is 172 Å². The van der Waals surface area contributed by atoms with Gasteiger partial charge in [0.1, 0.15) is 11.6 Å². The molecule has 3 aromatic rings. The van der Waals surface area contributed by atoms with E-state index < -0.39 is 35.4 Å². The van der Waals surface area contributed by atoms with Crippen LogP contribution < -0.4 is 16.2 Å². The number of benzene rings is 1. The lowest BCUT2D eigenvalue weighted by atomic mass is 10.2. The van der Waals surface area contributed by atoms with Gasteiger partial charge in [-0.25, -0.2) is 13.8 Å². The molecule has 1 unspecified atom stereocenters. The Balaban J connectivity index is 0.00000341. The Hall–Kier alpha value is -3.71. The van der Waals surface area contributed by atoms with Gasteiger partial charge in [-0.2, -0.15) is 4.80 Å². The zero-order valence-corrected chi connectivity index (χ0v) is 16.4. The number of nitrogens with two attached hydrogens (primary N) is 2. The van der Waals surface area contributed by atoms with E-state index in [2.05, 4.69) is 20.4 Å². The predicted molar refractivity (Wildman–Crippen MR) is 103 cm³/mol. The molecule has 0 fully saturated rings. The normalized spacial score (nSPS) is 11.5. The van der Waals surface area contributed by atoms with Gasteiger partial charge in [0.25, 0.3) is 5.88 Å². The Morgan fingerprint density at radius 2 is 1.97 bits per heavy atom. The van der Waals surface area contributed by atoms with E-state index in [0.29, 0.717) is 0 Å². The van der Waals surface area contributed by atoms with Gasteiger partial charge < -0.3 is 21.3 Å². The van der Waals surface area contributed by atoms with Gasteiger partial charge in [0.05, 0.1) is 24.1 Å². The summed E-state index contributed by atoms with van der Waals surface area (Å²) in [6.45, 7) is -0.0195. The number of carbonyl (C=O) groups is 2. The highest BCUT2D eigenvalue weighted by molar-refractivity contribution is 5.92. The van der Waals surface area contributed by atoms with E-state index in [-0.39, 0.29) is 48.1 Å². The molecule has 0 saturated carbocycles. The van der Waals surface area contributed by atoms with Gasteiger partial charge in [0, 0.05) is 18.3 Å². The molecular weight excluding hydrogens is 440 g/mol. The van der Waals surface area contributed by atoms with Crippen LogP contribution in [0.1, 0.15) is 16.8 Å². The van der Waals surface area contributed by atoms with Crippen LogP contribution in [-0.2, 0) is 11.3 Å². The fraction of sp³-hybridized carbons (Fsp3) is 0.176. The second-order valence-electron chi connectivity index (χ2n) is 6.14. The lowest BCUT2D eigenvalue weighted by Gasteiger charge is -2.08. The summed E-state index contributed by atoms with van der Waals surface area (Å²) in [6.07, 6.45) is 0.741. The number of primary amides is 1. The molecule has 1 aromatic carbocycles. The van der Waals surface area contributed by atoms with Crippen molar-refractivity contribution in [2.45, 2.75) is 19.0 Å². The van der Waals surface area contributed by atoms with Crippen LogP contribution in [0.4, 0.5) is 8.78 Å². The third kappa shape index (κ3) is 5.90. The van der Waals surface area contributed by atoms with Crippen molar-refractivity contribution < 1.29 is 28.2 Å². The summed E-state index contributed by atoms with van der Waals surface area (Å²) >= 11 is 0. The number of pyridine rings is 1. The number of ether oxygens (including phenoxy) is 1. The maximum absolute atomic E-state index is 14.5. The van der Waals surface area contributed by atoms with Gasteiger partial charge in [-0.15, -0.1) is 22.6 Å². The first-order valence-corrected chi connectivity index (χ1v) is 8.41. The monoisotopic (exact) mass is 455 g/mol. The van der Waals surface area contributed by atoms with Gasteiger partial charge in [-0.05, 0) is 23.4 Å². The van der Waals surface area contributed by atoms with E-state index in [1.54, 1.807) is 0 Å². The summed E-state index contributed by atoms with van der Waals surface area (Å²) in [5, 5.41) is 20.1. The number of hydrogen-bond donors (Lipinski definition) is 3. The number of hydrogen-bond acceptors (Lipinski definition) is 8. The largest absolute Gasteiger partial charge is 0.481 e. The fourth-order valence-electron chi connectivity index (χ4n) is 2.41. The van der Waals surface area contributed by atoms with Gasteiger partial charge in [-0.3, -0.25) is 9.59 Å². The van der Waals surface area contributed by atoms with E-state index in [1.165, 1.54) is 12.1 Å². The standard InChI is InChI=1S/C17H15F2N7O4.ClH/c18-12-5-10(30-17-13(19)3-8(6-22-17)15(21)29)1-2-11(12)16-23-25-26(24-16)7-9(20)4-14(27)28;/h1-3,5-6,9H,4,7,20H2,(H2,21,29)(H,27,28);1H. The molecule has 31 heavy (non-hydrogen) atoms. The molecule has 0 aliphatic carbocycles. The molecule has 0 bridgehead atoms. The van der Waals surface area contributed by atoms with Crippen LogP contribution in [0.5, 0.6) is 11.6 Å². The molecule has 1 atom stereocenters. The van der Waals surface area contributed by atoms with Gasteiger partial charge >= 0.3 is 5.97 Å². The molecule has 0 aliphatic heterocycles. The molecule has 3 rings (SSSR count). The van der Waals surface area contributed by atoms with Crippen LogP contribution in [0.15, 0.2) is 30.5 Å². The van der Waals surface area contributed by atoms with Crippen molar-refractivity contribution in [1.82, 2.24) is 25.2 Å². The fourth-order valence-corrected chi connectivity index (χ4v) is 2.41. The van der Waals surface area contributed by atoms with Crippen LogP contribution in [0.2, 0.25) is 0 Å². The first-order valence-electron chi connectivity index (χ1n) is 8.41. The van der Waals surface area contributed by atoms with Crippen LogP contribution in [-0.4, -0.2) is 48.2 Å². The molecule has 1 amide bonds. The Morgan fingerprint density at radius 1 is 1.23 bits per heavy atom. The van der Waals surface area contributed by atoms with Gasteiger partial charge in [0.2, 0.25) is 11.7 Å². The lowest BCUT2D eigenvalue weighted by molar-refractivity contribution is -0.137. The maximum atomic E-state index is 14.5. The molecule has 2 aromatic heterocycles. The minimum atomic E-state index is -1.07. The van der Waals surface area contributed by atoms with Crippen molar-refractivity contribution in [3.63, 3.8) is 0 Å². The molecular formula is C17H16ClF2N7O4. The lowest BCUT2D eigenvalue weighted by Crippen LogP contribution is -2.30. The number of nitrogens with zero attached hydrogens (tertiary/aromatic N) is 5. The van der Waals surface area contributed by atoms with Crippen LogP contribution in [0.3, 0.4) is 0 Å². The number of carboxylic acids is 1. The molecule has 14 heteroatoms. The number of carbonyl (C=O) groups excluding carboxylic acids is 1. The average Bonchev–Trinajstić information content (AvgIpc) is 3.10. The molecule has 11 nitrogen and oxygen atoms in total. The maximum Gasteiger partial charge on any atom is 0.304 e. The molecule has 2 heterocycles. The predicted octanol–water partition coefficient (Wildman–Crippen LogP) is 1.13.